The molecule has 27 heavy (non-hydrogen) atoms. The first-order chi connectivity index (χ1) is 12.7. The minimum absolute atomic E-state index is 0.345. The summed E-state index contributed by atoms with van der Waals surface area (Å²) in [7, 11) is 1.29. The number of pyridine rings is 1. The average Bonchev–Trinajstić information content (AvgIpc) is 2.59. The summed E-state index contributed by atoms with van der Waals surface area (Å²) >= 11 is 0. The molecule has 0 aliphatic heterocycles. The summed E-state index contributed by atoms with van der Waals surface area (Å²) in [4.78, 5) is 23.9. The number of ether oxygens (including phenoxy) is 2. The molecule has 2 rings (SSSR count). The second-order valence-corrected chi connectivity index (χ2v) is 7.29. The standard InChI is InChI=1S/C19H27N5O3/c1-12(2)8-19(4,20)10-27-17-13(3)6-14(9-21-17)15-7-16(23-11-22-15)24-18(25)26-5/h6-7,9,11-12H,8,10,20H2,1-5H3,(H,22,23,24,25)/t19-/m0/s1. The van der Waals surface area contributed by atoms with Crippen LogP contribution < -0.4 is 15.8 Å². The van der Waals surface area contributed by atoms with Crippen molar-refractivity contribution in [2.75, 3.05) is 19.0 Å². The van der Waals surface area contributed by atoms with Crippen LogP contribution in [0.4, 0.5) is 10.6 Å². The molecule has 0 saturated heterocycles. The molecule has 2 aromatic heterocycles. The number of aryl methyl sites for hydroxylation is 1. The van der Waals surface area contributed by atoms with Crippen LogP contribution in [0, 0.1) is 12.8 Å². The second kappa shape index (κ2) is 8.77. The van der Waals surface area contributed by atoms with Gasteiger partial charge in [0, 0.05) is 28.9 Å². The molecule has 0 bridgehead atoms. The summed E-state index contributed by atoms with van der Waals surface area (Å²) in [6.07, 6.45) is 3.31. The number of nitrogens with two attached hydrogens (primary N) is 1. The van der Waals surface area contributed by atoms with Crippen molar-refractivity contribution in [3.63, 3.8) is 0 Å². The lowest BCUT2D eigenvalue weighted by Gasteiger charge is -2.26. The van der Waals surface area contributed by atoms with Crippen molar-refractivity contribution in [2.24, 2.45) is 11.7 Å². The van der Waals surface area contributed by atoms with E-state index < -0.39 is 11.6 Å². The van der Waals surface area contributed by atoms with Crippen molar-refractivity contribution in [3.05, 3.63) is 30.2 Å². The first-order valence-electron chi connectivity index (χ1n) is 8.76. The largest absolute Gasteiger partial charge is 0.476 e. The van der Waals surface area contributed by atoms with Crippen molar-refractivity contribution < 1.29 is 14.3 Å². The van der Waals surface area contributed by atoms with E-state index in [0.717, 1.165) is 17.5 Å². The van der Waals surface area contributed by atoms with Gasteiger partial charge in [0.25, 0.3) is 0 Å². The number of anilines is 1. The Kier molecular flexibility index (Phi) is 6.68. The molecule has 2 heterocycles. The van der Waals surface area contributed by atoms with Gasteiger partial charge in [-0.2, -0.15) is 0 Å². The van der Waals surface area contributed by atoms with Gasteiger partial charge in [-0.1, -0.05) is 13.8 Å². The maximum Gasteiger partial charge on any atom is 0.412 e. The molecule has 0 saturated carbocycles. The van der Waals surface area contributed by atoms with E-state index >= 15 is 0 Å². The van der Waals surface area contributed by atoms with Crippen molar-refractivity contribution in [1.82, 2.24) is 15.0 Å². The fraction of sp³-hybridized carbons (Fsp3) is 0.474. The predicted molar refractivity (Wildman–Crippen MR) is 104 cm³/mol. The van der Waals surface area contributed by atoms with Crippen molar-refractivity contribution in [1.29, 1.82) is 0 Å². The molecule has 8 heteroatoms. The molecule has 0 radical (unpaired) electrons. The maximum atomic E-state index is 11.3. The molecule has 1 atom stereocenters. The van der Waals surface area contributed by atoms with Crippen molar-refractivity contribution in [3.8, 4) is 17.1 Å². The number of amides is 1. The van der Waals surface area contributed by atoms with Gasteiger partial charge >= 0.3 is 6.09 Å². The van der Waals surface area contributed by atoms with Gasteiger partial charge in [0.05, 0.1) is 12.8 Å². The van der Waals surface area contributed by atoms with E-state index in [2.05, 4.69) is 38.9 Å². The van der Waals surface area contributed by atoms with Gasteiger partial charge in [0.15, 0.2) is 0 Å². The number of nitrogens with one attached hydrogen (secondary N) is 1. The van der Waals surface area contributed by atoms with Gasteiger partial charge in [-0.3, -0.25) is 5.32 Å². The summed E-state index contributed by atoms with van der Waals surface area (Å²) in [5.74, 6) is 1.38. The van der Waals surface area contributed by atoms with Gasteiger partial charge in [-0.15, -0.1) is 0 Å². The molecule has 0 aromatic carbocycles. The molecule has 3 N–H and O–H groups in total. The molecule has 0 fully saturated rings. The third-order valence-corrected chi connectivity index (χ3v) is 3.82. The van der Waals surface area contributed by atoms with Crippen LogP contribution in [0.25, 0.3) is 11.3 Å². The number of hydrogen-bond acceptors (Lipinski definition) is 7. The normalized spacial score (nSPS) is 13.1. The van der Waals surface area contributed by atoms with Crippen LogP contribution >= 0.6 is 0 Å². The van der Waals surface area contributed by atoms with Crippen LogP contribution in [-0.2, 0) is 4.74 Å². The highest BCUT2D eigenvalue weighted by Crippen LogP contribution is 2.24. The van der Waals surface area contributed by atoms with E-state index in [4.69, 9.17) is 10.5 Å². The van der Waals surface area contributed by atoms with Crippen LogP contribution in [0.5, 0.6) is 5.88 Å². The van der Waals surface area contributed by atoms with E-state index in [1.54, 1.807) is 12.3 Å². The lowest BCUT2D eigenvalue weighted by atomic mass is 9.93. The average molecular weight is 373 g/mol. The Morgan fingerprint density at radius 1 is 1.30 bits per heavy atom. The highest BCUT2D eigenvalue weighted by molar-refractivity contribution is 5.83. The number of carbonyl (C=O) groups is 1. The fourth-order valence-corrected chi connectivity index (χ4v) is 2.82. The summed E-state index contributed by atoms with van der Waals surface area (Å²) in [5, 5.41) is 2.51. The van der Waals surface area contributed by atoms with Crippen LogP contribution in [-0.4, -0.2) is 40.3 Å². The molecule has 8 nitrogen and oxygen atoms in total. The zero-order valence-corrected chi connectivity index (χ0v) is 16.4. The minimum atomic E-state index is -0.594. The Morgan fingerprint density at radius 2 is 2.04 bits per heavy atom. The van der Waals surface area contributed by atoms with Crippen LogP contribution in [0.3, 0.4) is 0 Å². The van der Waals surface area contributed by atoms with E-state index in [1.807, 2.05) is 19.9 Å². The SMILES string of the molecule is COC(=O)Nc1cc(-c2cnc(OC[C@@](C)(N)CC(C)C)c(C)c2)ncn1. The molecule has 2 aromatic rings. The highest BCUT2D eigenvalue weighted by Gasteiger charge is 2.21. The third kappa shape index (κ3) is 6.18. The number of carbonyl (C=O) groups excluding carboxylic acids is 1. The monoisotopic (exact) mass is 373 g/mol. The number of hydrogen-bond donors (Lipinski definition) is 2. The predicted octanol–water partition coefficient (Wildman–Crippen LogP) is 3.17. The lowest BCUT2D eigenvalue weighted by molar-refractivity contribution is 0.187. The quantitative estimate of drug-likeness (QED) is 0.766. The first kappa shape index (κ1) is 20.6. The highest BCUT2D eigenvalue weighted by atomic mass is 16.5. The van der Waals surface area contributed by atoms with Gasteiger partial charge in [0.2, 0.25) is 5.88 Å². The van der Waals surface area contributed by atoms with E-state index in [0.29, 0.717) is 29.9 Å². The second-order valence-electron chi connectivity index (χ2n) is 7.29. The Balaban J connectivity index is 2.12. The Labute approximate surface area is 159 Å². The van der Waals surface area contributed by atoms with Crippen LogP contribution in [0.2, 0.25) is 0 Å². The lowest BCUT2D eigenvalue weighted by Crippen LogP contribution is -2.43. The minimum Gasteiger partial charge on any atom is -0.476 e. The molecule has 0 aliphatic rings. The Bertz CT molecular complexity index is 793. The zero-order valence-electron chi connectivity index (χ0n) is 16.4. The molecular weight excluding hydrogens is 346 g/mol. The summed E-state index contributed by atoms with van der Waals surface area (Å²) < 4.78 is 10.4. The van der Waals surface area contributed by atoms with E-state index in [9.17, 15) is 4.79 Å². The summed E-state index contributed by atoms with van der Waals surface area (Å²) in [5.41, 5.74) is 8.16. The van der Waals surface area contributed by atoms with E-state index in [1.165, 1.54) is 13.4 Å². The molecular formula is C19H27N5O3. The topological polar surface area (TPSA) is 112 Å². The van der Waals surface area contributed by atoms with Gasteiger partial charge < -0.3 is 15.2 Å². The fourth-order valence-electron chi connectivity index (χ4n) is 2.82. The number of nitrogens with zero attached hydrogens (tertiary/aromatic N) is 3. The molecule has 0 unspecified atom stereocenters. The molecule has 0 spiro atoms. The zero-order chi connectivity index (χ0) is 20.0. The first-order valence-corrected chi connectivity index (χ1v) is 8.76. The number of aromatic nitrogens is 3. The Hall–Kier alpha value is -2.74. The van der Waals surface area contributed by atoms with Gasteiger partial charge in [-0.25, -0.2) is 19.7 Å². The number of rotatable bonds is 7. The van der Waals surface area contributed by atoms with Crippen LogP contribution in [0.15, 0.2) is 24.7 Å². The third-order valence-electron chi connectivity index (χ3n) is 3.82. The van der Waals surface area contributed by atoms with Gasteiger partial charge in [-0.05, 0) is 32.3 Å². The number of methoxy groups -OCH3 is 1. The Morgan fingerprint density at radius 3 is 2.67 bits per heavy atom. The van der Waals surface area contributed by atoms with Crippen LogP contribution in [0.1, 0.15) is 32.8 Å². The molecule has 1 amide bonds. The smallest absolute Gasteiger partial charge is 0.412 e. The van der Waals surface area contributed by atoms with Gasteiger partial charge in [0.1, 0.15) is 18.8 Å². The summed E-state index contributed by atoms with van der Waals surface area (Å²) in [6, 6.07) is 3.57. The molecule has 146 valence electrons. The molecule has 0 aliphatic carbocycles. The van der Waals surface area contributed by atoms with E-state index in [-0.39, 0.29) is 0 Å². The maximum absolute atomic E-state index is 11.3. The summed E-state index contributed by atoms with van der Waals surface area (Å²) in [6.45, 7) is 8.55. The van der Waals surface area contributed by atoms with Crippen molar-refractivity contribution >= 4 is 11.9 Å². The van der Waals surface area contributed by atoms with Crippen molar-refractivity contribution in [2.45, 2.75) is 39.7 Å².